The number of nitro benzene ring substituents is 1. The summed E-state index contributed by atoms with van der Waals surface area (Å²) in [4.78, 5) is 33.2. The average Bonchev–Trinajstić information content (AvgIpc) is 2.74. The van der Waals surface area contributed by atoms with Crippen LogP contribution >= 0.6 is 0 Å². The first kappa shape index (κ1) is 14.4. The molecule has 0 spiro atoms. The molecule has 7 heteroatoms. The maximum Gasteiger partial charge on any atom is 0.270 e. The fraction of sp³-hybridized carbons (Fsp3) is 0.143. The third-order valence-electron chi connectivity index (χ3n) is 3.13. The van der Waals surface area contributed by atoms with E-state index in [2.05, 4.69) is 5.43 Å². The molecule has 1 aromatic heterocycles. The highest BCUT2D eigenvalue weighted by Gasteiger charge is 2.14. The molecule has 0 aliphatic heterocycles. The molecule has 108 valence electrons. The third kappa shape index (κ3) is 2.81. The minimum Gasteiger partial charge on any atom is -0.298 e. The minimum atomic E-state index is -0.562. The number of aldehydes is 1. The molecule has 1 amide bonds. The van der Waals surface area contributed by atoms with Crippen molar-refractivity contribution in [2.75, 3.05) is 5.43 Å². The van der Waals surface area contributed by atoms with E-state index >= 15 is 0 Å². The van der Waals surface area contributed by atoms with Gasteiger partial charge in [0, 0.05) is 34.6 Å². The van der Waals surface area contributed by atoms with Crippen molar-refractivity contribution >= 4 is 17.9 Å². The smallest absolute Gasteiger partial charge is 0.270 e. The number of nitro groups is 1. The Kier molecular flexibility index (Phi) is 3.84. The lowest BCUT2D eigenvalue weighted by molar-refractivity contribution is -0.384. The van der Waals surface area contributed by atoms with Crippen LogP contribution in [0.5, 0.6) is 0 Å². The van der Waals surface area contributed by atoms with Gasteiger partial charge in [-0.05, 0) is 26.0 Å². The number of nitrogens with zero attached hydrogens (tertiary/aromatic N) is 2. The molecule has 1 N–H and O–H groups in total. The number of hydrogen-bond donors (Lipinski definition) is 1. The molecule has 7 nitrogen and oxygen atoms in total. The number of non-ortho nitro benzene ring substituents is 1. The van der Waals surface area contributed by atoms with E-state index in [1.807, 2.05) is 0 Å². The lowest BCUT2D eigenvalue weighted by atomic mass is 10.2. The molecular weight excluding hydrogens is 274 g/mol. The predicted molar refractivity (Wildman–Crippen MR) is 76.1 cm³/mol. The van der Waals surface area contributed by atoms with Crippen molar-refractivity contribution in [3.05, 3.63) is 63.0 Å². The van der Waals surface area contributed by atoms with Gasteiger partial charge in [-0.25, -0.2) is 0 Å². The third-order valence-corrected chi connectivity index (χ3v) is 3.13. The zero-order chi connectivity index (χ0) is 15.6. The van der Waals surface area contributed by atoms with E-state index in [4.69, 9.17) is 0 Å². The van der Waals surface area contributed by atoms with Gasteiger partial charge in [0.2, 0.25) is 0 Å². The Bertz CT molecular complexity index is 734. The van der Waals surface area contributed by atoms with Crippen molar-refractivity contribution in [3.8, 4) is 0 Å². The summed E-state index contributed by atoms with van der Waals surface area (Å²) >= 11 is 0. The van der Waals surface area contributed by atoms with Crippen molar-refractivity contribution in [3.63, 3.8) is 0 Å². The van der Waals surface area contributed by atoms with Gasteiger partial charge in [0.15, 0.2) is 6.29 Å². The second-order valence-electron chi connectivity index (χ2n) is 4.53. The quantitative estimate of drug-likeness (QED) is 0.530. The summed E-state index contributed by atoms with van der Waals surface area (Å²) in [6.45, 7) is 3.44. The van der Waals surface area contributed by atoms with Crippen LogP contribution in [0.15, 0.2) is 30.3 Å². The molecule has 0 unspecified atom stereocenters. The Morgan fingerprint density at radius 2 is 2.05 bits per heavy atom. The van der Waals surface area contributed by atoms with E-state index in [-0.39, 0.29) is 11.3 Å². The van der Waals surface area contributed by atoms with E-state index in [1.54, 1.807) is 19.9 Å². The summed E-state index contributed by atoms with van der Waals surface area (Å²) < 4.78 is 1.48. The van der Waals surface area contributed by atoms with Gasteiger partial charge in [-0.1, -0.05) is 6.07 Å². The van der Waals surface area contributed by atoms with Gasteiger partial charge in [-0.3, -0.25) is 29.8 Å². The highest BCUT2D eigenvalue weighted by atomic mass is 16.6. The molecule has 1 heterocycles. The number of aromatic nitrogens is 1. The highest BCUT2D eigenvalue weighted by Crippen LogP contribution is 2.15. The fourth-order valence-electron chi connectivity index (χ4n) is 2.01. The molecule has 0 saturated heterocycles. The lowest BCUT2D eigenvalue weighted by Crippen LogP contribution is -2.24. The summed E-state index contributed by atoms with van der Waals surface area (Å²) in [5.74, 6) is -0.488. The second-order valence-corrected chi connectivity index (χ2v) is 4.53. The molecule has 21 heavy (non-hydrogen) atoms. The number of hydrogen-bond acceptors (Lipinski definition) is 4. The predicted octanol–water partition coefficient (Wildman–Crippen LogP) is 2.21. The number of amides is 1. The molecule has 0 saturated carbocycles. The molecule has 0 radical (unpaired) electrons. The van der Waals surface area contributed by atoms with E-state index < -0.39 is 10.8 Å². The van der Waals surface area contributed by atoms with Crippen LogP contribution in [-0.2, 0) is 0 Å². The molecule has 0 bridgehead atoms. The number of benzene rings is 1. The van der Waals surface area contributed by atoms with Crippen LogP contribution in [0, 0.1) is 24.0 Å². The summed E-state index contributed by atoms with van der Waals surface area (Å²) in [5.41, 5.74) is 4.39. The van der Waals surface area contributed by atoms with Gasteiger partial charge in [0.1, 0.15) is 0 Å². The van der Waals surface area contributed by atoms with E-state index in [0.717, 1.165) is 0 Å². The number of carbonyl (C=O) groups excluding carboxylic acids is 2. The first-order valence-corrected chi connectivity index (χ1v) is 6.14. The number of aryl methyl sites for hydroxylation is 1. The van der Waals surface area contributed by atoms with E-state index in [0.29, 0.717) is 23.2 Å². The normalized spacial score (nSPS) is 10.2. The van der Waals surface area contributed by atoms with Gasteiger partial charge in [0.25, 0.3) is 11.6 Å². The Labute approximate surface area is 120 Å². The van der Waals surface area contributed by atoms with Crippen LogP contribution in [0.4, 0.5) is 5.69 Å². The molecule has 1 aromatic carbocycles. The van der Waals surface area contributed by atoms with Crippen LogP contribution in [0.1, 0.15) is 32.1 Å². The minimum absolute atomic E-state index is 0.155. The molecule has 2 aromatic rings. The van der Waals surface area contributed by atoms with E-state index in [1.165, 1.54) is 28.9 Å². The molecule has 0 fully saturated rings. The lowest BCUT2D eigenvalue weighted by Gasteiger charge is -2.11. The van der Waals surface area contributed by atoms with E-state index in [9.17, 15) is 19.7 Å². The van der Waals surface area contributed by atoms with Crippen LogP contribution in [-0.4, -0.2) is 21.8 Å². The van der Waals surface area contributed by atoms with Crippen LogP contribution < -0.4 is 5.43 Å². The summed E-state index contributed by atoms with van der Waals surface area (Å²) in [6.07, 6.45) is 0.707. The Hall–Kier alpha value is -2.96. The molecule has 0 aliphatic carbocycles. The molecule has 0 atom stereocenters. The van der Waals surface area contributed by atoms with Gasteiger partial charge in [0.05, 0.1) is 4.92 Å². The molecule has 2 rings (SSSR count). The fourth-order valence-corrected chi connectivity index (χ4v) is 2.01. The van der Waals surface area contributed by atoms with Gasteiger partial charge < -0.3 is 0 Å². The number of nitrogens with one attached hydrogen (secondary N) is 1. The Balaban J connectivity index is 2.30. The maximum absolute atomic E-state index is 12.1. The van der Waals surface area contributed by atoms with Crippen LogP contribution in [0.2, 0.25) is 0 Å². The second kappa shape index (κ2) is 5.58. The Morgan fingerprint density at radius 3 is 2.62 bits per heavy atom. The Morgan fingerprint density at radius 1 is 1.33 bits per heavy atom. The van der Waals surface area contributed by atoms with Crippen molar-refractivity contribution in [2.24, 2.45) is 0 Å². The SMILES string of the molecule is Cc1cc(C=O)c(C)n1NC(=O)c1cccc([N+](=O)[O-])c1. The number of carbonyl (C=O) groups is 2. The van der Waals surface area contributed by atoms with Gasteiger partial charge in [-0.2, -0.15) is 0 Å². The maximum atomic E-state index is 12.1. The first-order valence-electron chi connectivity index (χ1n) is 6.14. The van der Waals surface area contributed by atoms with Gasteiger partial charge in [-0.15, -0.1) is 0 Å². The zero-order valence-electron chi connectivity index (χ0n) is 11.5. The van der Waals surface area contributed by atoms with Crippen molar-refractivity contribution in [1.29, 1.82) is 0 Å². The summed E-state index contributed by atoms with van der Waals surface area (Å²) in [5, 5.41) is 10.7. The standard InChI is InChI=1S/C14H13N3O4/c1-9-6-12(8-18)10(2)16(9)15-14(19)11-4-3-5-13(7-11)17(20)21/h3-8H,1-2H3,(H,15,19). The largest absolute Gasteiger partial charge is 0.298 e. The topological polar surface area (TPSA) is 94.2 Å². The zero-order valence-corrected chi connectivity index (χ0v) is 11.5. The summed E-state index contributed by atoms with van der Waals surface area (Å²) in [6, 6.07) is 7.09. The average molecular weight is 287 g/mol. The molecule has 0 aliphatic rings. The number of rotatable bonds is 4. The van der Waals surface area contributed by atoms with Crippen LogP contribution in [0.3, 0.4) is 0 Å². The van der Waals surface area contributed by atoms with Gasteiger partial charge >= 0.3 is 0 Å². The molecular formula is C14H13N3O4. The van der Waals surface area contributed by atoms with Crippen molar-refractivity contribution in [1.82, 2.24) is 4.68 Å². The monoisotopic (exact) mass is 287 g/mol. The first-order chi connectivity index (χ1) is 9.93. The highest BCUT2D eigenvalue weighted by molar-refractivity contribution is 6.00. The van der Waals surface area contributed by atoms with Crippen molar-refractivity contribution in [2.45, 2.75) is 13.8 Å². The van der Waals surface area contributed by atoms with Crippen LogP contribution in [0.25, 0.3) is 0 Å². The summed E-state index contributed by atoms with van der Waals surface area (Å²) in [7, 11) is 0. The van der Waals surface area contributed by atoms with Crippen molar-refractivity contribution < 1.29 is 14.5 Å².